The summed E-state index contributed by atoms with van der Waals surface area (Å²) < 4.78 is 5.18. The average molecular weight is 414 g/mol. The number of phenolic OH excluding ortho intramolecular Hbond substituents is 1. The third-order valence-electron chi connectivity index (χ3n) is 4.43. The standard InChI is InChI=1S/C22H26N2O6/c1-14(2)19(21(27)28)24-20(26)18(12-15-8-10-17(25)11-9-15)23-22(29)30-13-16-6-4-3-5-7-16/h3-11,14,18-19,25H,12-13H2,1-2H3,(H,23,29)(H,24,26)(H,27,28)/t18-,19-/m0/s1. The first-order valence-electron chi connectivity index (χ1n) is 9.54. The number of alkyl carbamates (subject to hydrolysis) is 1. The molecule has 2 atom stereocenters. The zero-order valence-electron chi connectivity index (χ0n) is 16.9. The summed E-state index contributed by atoms with van der Waals surface area (Å²) in [6.07, 6.45) is -0.703. The van der Waals surface area contributed by atoms with Crippen molar-refractivity contribution in [3.63, 3.8) is 0 Å². The first-order valence-corrected chi connectivity index (χ1v) is 9.54. The number of ether oxygens (including phenoxy) is 1. The molecule has 0 aliphatic heterocycles. The van der Waals surface area contributed by atoms with Crippen molar-refractivity contribution in [2.24, 2.45) is 5.92 Å². The molecule has 0 spiro atoms. The Morgan fingerprint density at radius 3 is 2.13 bits per heavy atom. The Morgan fingerprint density at radius 1 is 0.933 bits per heavy atom. The van der Waals surface area contributed by atoms with E-state index in [-0.39, 0.29) is 24.7 Å². The van der Waals surface area contributed by atoms with E-state index in [1.165, 1.54) is 12.1 Å². The molecule has 0 saturated heterocycles. The molecule has 0 fully saturated rings. The number of rotatable bonds is 9. The molecule has 2 amide bonds. The third-order valence-corrected chi connectivity index (χ3v) is 4.43. The minimum absolute atomic E-state index is 0.0317. The van der Waals surface area contributed by atoms with Gasteiger partial charge in [0.15, 0.2) is 0 Å². The van der Waals surface area contributed by atoms with Crippen molar-refractivity contribution in [2.45, 2.75) is 39.0 Å². The van der Waals surface area contributed by atoms with Crippen LogP contribution in [0.15, 0.2) is 54.6 Å². The predicted molar refractivity (Wildman–Crippen MR) is 110 cm³/mol. The summed E-state index contributed by atoms with van der Waals surface area (Å²) in [6.45, 7) is 3.38. The van der Waals surface area contributed by atoms with Crippen molar-refractivity contribution in [3.05, 3.63) is 65.7 Å². The highest BCUT2D eigenvalue weighted by Gasteiger charge is 2.29. The fourth-order valence-corrected chi connectivity index (χ4v) is 2.75. The van der Waals surface area contributed by atoms with E-state index in [1.54, 1.807) is 38.1 Å². The third kappa shape index (κ3) is 7.12. The molecule has 0 aromatic heterocycles. The highest BCUT2D eigenvalue weighted by Crippen LogP contribution is 2.12. The molecule has 0 heterocycles. The summed E-state index contributed by atoms with van der Waals surface area (Å²) in [7, 11) is 0. The Kier molecular flexibility index (Phi) is 8.22. The number of carbonyl (C=O) groups excluding carboxylic acids is 2. The van der Waals surface area contributed by atoms with Crippen molar-refractivity contribution in [1.82, 2.24) is 10.6 Å². The number of phenols is 1. The molecule has 8 heteroatoms. The molecule has 160 valence electrons. The Labute approximate surface area is 174 Å². The van der Waals surface area contributed by atoms with E-state index in [4.69, 9.17) is 4.74 Å². The molecule has 2 aromatic rings. The zero-order valence-corrected chi connectivity index (χ0v) is 16.9. The van der Waals surface area contributed by atoms with Crippen molar-refractivity contribution >= 4 is 18.0 Å². The van der Waals surface area contributed by atoms with Gasteiger partial charge in [-0.2, -0.15) is 0 Å². The van der Waals surface area contributed by atoms with Gasteiger partial charge in [0, 0.05) is 6.42 Å². The van der Waals surface area contributed by atoms with Crippen LogP contribution in [0.4, 0.5) is 4.79 Å². The first-order chi connectivity index (χ1) is 14.3. The second-order valence-electron chi connectivity index (χ2n) is 7.20. The van der Waals surface area contributed by atoms with Crippen molar-refractivity contribution in [2.75, 3.05) is 0 Å². The zero-order chi connectivity index (χ0) is 22.1. The summed E-state index contributed by atoms with van der Waals surface area (Å²) in [5, 5.41) is 23.7. The second kappa shape index (κ2) is 10.8. The van der Waals surface area contributed by atoms with Gasteiger partial charge < -0.3 is 25.6 Å². The highest BCUT2D eigenvalue weighted by atomic mass is 16.5. The number of carboxylic acid groups (broad SMARTS) is 1. The molecule has 0 unspecified atom stereocenters. The fourth-order valence-electron chi connectivity index (χ4n) is 2.75. The molecular formula is C22H26N2O6. The van der Waals surface area contributed by atoms with Gasteiger partial charge in [0.1, 0.15) is 24.4 Å². The predicted octanol–water partition coefficient (Wildman–Crippen LogP) is 2.46. The molecule has 0 bridgehead atoms. The molecule has 0 aliphatic carbocycles. The van der Waals surface area contributed by atoms with Gasteiger partial charge in [-0.25, -0.2) is 9.59 Å². The lowest BCUT2D eigenvalue weighted by Gasteiger charge is -2.23. The quantitative estimate of drug-likeness (QED) is 0.500. The van der Waals surface area contributed by atoms with Gasteiger partial charge in [0.25, 0.3) is 0 Å². The Bertz CT molecular complexity index is 852. The maximum atomic E-state index is 12.7. The molecule has 2 rings (SSSR count). The number of carbonyl (C=O) groups is 3. The SMILES string of the molecule is CC(C)[C@H](NC(=O)[C@H](Cc1ccc(O)cc1)NC(=O)OCc1ccccc1)C(=O)O. The van der Waals surface area contributed by atoms with E-state index in [0.717, 1.165) is 5.56 Å². The van der Waals surface area contributed by atoms with Crippen molar-refractivity contribution < 1.29 is 29.3 Å². The molecule has 2 aromatic carbocycles. The number of benzene rings is 2. The fraction of sp³-hybridized carbons (Fsp3) is 0.318. The van der Waals surface area contributed by atoms with Crippen LogP contribution < -0.4 is 10.6 Å². The summed E-state index contributed by atoms with van der Waals surface area (Å²) in [4.78, 5) is 36.4. The van der Waals surface area contributed by atoms with Crippen LogP contribution in [0.5, 0.6) is 5.75 Å². The van der Waals surface area contributed by atoms with Gasteiger partial charge in [-0.15, -0.1) is 0 Å². The molecule has 30 heavy (non-hydrogen) atoms. The molecule has 0 aliphatic rings. The monoisotopic (exact) mass is 414 g/mol. The highest BCUT2D eigenvalue weighted by molar-refractivity contribution is 5.89. The average Bonchev–Trinajstić information content (AvgIpc) is 2.71. The van der Waals surface area contributed by atoms with Crippen molar-refractivity contribution in [3.8, 4) is 5.75 Å². The molecule has 0 saturated carbocycles. The van der Waals surface area contributed by atoms with Crippen LogP contribution in [-0.2, 0) is 27.4 Å². The maximum Gasteiger partial charge on any atom is 0.408 e. The smallest absolute Gasteiger partial charge is 0.408 e. The van der Waals surface area contributed by atoms with Crippen molar-refractivity contribution in [1.29, 1.82) is 0 Å². The minimum Gasteiger partial charge on any atom is -0.508 e. The van der Waals surface area contributed by atoms with E-state index < -0.39 is 30.1 Å². The molecule has 0 radical (unpaired) electrons. The Balaban J connectivity index is 2.09. The van der Waals surface area contributed by atoms with Crippen LogP contribution in [0.2, 0.25) is 0 Å². The number of aliphatic carboxylic acids is 1. The largest absolute Gasteiger partial charge is 0.508 e. The van der Waals surface area contributed by atoms with Crippen LogP contribution in [0.1, 0.15) is 25.0 Å². The van der Waals surface area contributed by atoms with Crippen LogP contribution in [0.25, 0.3) is 0 Å². The van der Waals surface area contributed by atoms with Crippen LogP contribution in [0, 0.1) is 5.92 Å². The number of hydrogen-bond donors (Lipinski definition) is 4. The topological polar surface area (TPSA) is 125 Å². The van der Waals surface area contributed by atoms with Gasteiger partial charge in [0.2, 0.25) is 5.91 Å². The number of aromatic hydroxyl groups is 1. The van der Waals surface area contributed by atoms with Gasteiger partial charge >= 0.3 is 12.1 Å². The molecule has 8 nitrogen and oxygen atoms in total. The van der Waals surface area contributed by atoms with Crippen LogP contribution in [0.3, 0.4) is 0 Å². The summed E-state index contributed by atoms with van der Waals surface area (Å²) in [5.74, 6) is -2.07. The summed E-state index contributed by atoms with van der Waals surface area (Å²) in [6, 6.07) is 13.1. The first kappa shape index (κ1) is 22.7. The number of amides is 2. The Hall–Kier alpha value is -3.55. The Morgan fingerprint density at radius 2 is 1.57 bits per heavy atom. The number of nitrogens with one attached hydrogen (secondary N) is 2. The number of carboxylic acids is 1. The lowest BCUT2D eigenvalue weighted by molar-refractivity contribution is -0.143. The van der Waals surface area contributed by atoms with Crippen LogP contribution in [-0.4, -0.2) is 40.3 Å². The normalized spacial score (nSPS) is 12.6. The van der Waals surface area contributed by atoms with E-state index in [0.29, 0.717) is 5.56 Å². The van der Waals surface area contributed by atoms with E-state index in [2.05, 4.69) is 10.6 Å². The lowest BCUT2D eigenvalue weighted by atomic mass is 10.0. The van der Waals surface area contributed by atoms with Gasteiger partial charge in [0.05, 0.1) is 0 Å². The van der Waals surface area contributed by atoms with Gasteiger partial charge in [-0.3, -0.25) is 4.79 Å². The molecule has 4 N–H and O–H groups in total. The van der Waals surface area contributed by atoms with E-state index in [1.807, 2.05) is 18.2 Å². The summed E-state index contributed by atoms with van der Waals surface area (Å²) in [5.41, 5.74) is 1.46. The molecular weight excluding hydrogens is 388 g/mol. The van der Waals surface area contributed by atoms with E-state index in [9.17, 15) is 24.6 Å². The lowest BCUT2D eigenvalue weighted by Crippen LogP contribution is -2.53. The van der Waals surface area contributed by atoms with Crippen LogP contribution >= 0.6 is 0 Å². The minimum atomic E-state index is -1.16. The van der Waals surface area contributed by atoms with E-state index >= 15 is 0 Å². The second-order valence-corrected chi connectivity index (χ2v) is 7.20. The van der Waals surface area contributed by atoms with Gasteiger partial charge in [-0.1, -0.05) is 56.3 Å². The summed E-state index contributed by atoms with van der Waals surface area (Å²) >= 11 is 0. The maximum absolute atomic E-state index is 12.7. The van der Waals surface area contributed by atoms with Gasteiger partial charge in [-0.05, 0) is 29.2 Å². The number of hydrogen-bond acceptors (Lipinski definition) is 5.